The third-order valence-electron chi connectivity index (χ3n) is 2.55. The van der Waals surface area contributed by atoms with E-state index >= 15 is 0 Å². The number of nitrogens with two attached hydrogens (primary N) is 1. The number of likely N-dealkylation sites (tertiary alicyclic amines) is 1. The number of amides is 1. The molecule has 1 unspecified atom stereocenters. The number of rotatable bonds is 4. The predicted octanol–water partition coefficient (Wildman–Crippen LogP) is -0.210. The van der Waals surface area contributed by atoms with Gasteiger partial charge in [-0.25, -0.2) is 0 Å². The second-order valence-electron chi connectivity index (χ2n) is 4.53. The summed E-state index contributed by atoms with van der Waals surface area (Å²) in [5, 5.41) is 2.92. The van der Waals surface area contributed by atoms with Crippen molar-refractivity contribution in [2.75, 3.05) is 19.6 Å². The first-order valence-electron chi connectivity index (χ1n) is 5.28. The molecule has 0 saturated carbocycles. The molecule has 1 saturated heterocycles. The van der Waals surface area contributed by atoms with Crippen LogP contribution in [0.2, 0.25) is 0 Å². The summed E-state index contributed by atoms with van der Waals surface area (Å²) >= 11 is 0. The van der Waals surface area contributed by atoms with Crippen LogP contribution in [0.4, 0.5) is 0 Å². The van der Waals surface area contributed by atoms with Gasteiger partial charge in [0, 0.05) is 25.7 Å². The van der Waals surface area contributed by atoms with Gasteiger partial charge in [-0.2, -0.15) is 0 Å². The minimum absolute atomic E-state index is 0.0338. The van der Waals surface area contributed by atoms with Gasteiger partial charge < -0.3 is 11.1 Å². The summed E-state index contributed by atoms with van der Waals surface area (Å²) in [6.07, 6.45) is 0. The molecule has 1 atom stereocenters. The van der Waals surface area contributed by atoms with Gasteiger partial charge in [-0.1, -0.05) is 13.8 Å². The van der Waals surface area contributed by atoms with Crippen LogP contribution in [0.15, 0.2) is 0 Å². The van der Waals surface area contributed by atoms with Crippen molar-refractivity contribution in [1.29, 1.82) is 0 Å². The van der Waals surface area contributed by atoms with E-state index in [4.69, 9.17) is 5.73 Å². The highest BCUT2D eigenvalue weighted by molar-refractivity contribution is 5.81. The molecule has 0 aromatic heterocycles. The van der Waals surface area contributed by atoms with Crippen LogP contribution in [0.1, 0.15) is 20.8 Å². The Labute approximate surface area is 85.8 Å². The molecule has 0 radical (unpaired) electrons. The fourth-order valence-corrected chi connectivity index (χ4v) is 1.48. The smallest absolute Gasteiger partial charge is 0.237 e. The maximum Gasteiger partial charge on any atom is 0.237 e. The minimum Gasteiger partial charge on any atom is -0.354 e. The molecular weight excluding hydrogens is 178 g/mol. The van der Waals surface area contributed by atoms with Gasteiger partial charge in [-0.15, -0.1) is 0 Å². The van der Waals surface area contributed by atoms with Crippen LogP contribution in [0.25, 0.3) is 0 Å². The van der Waals surface area contributed by atoms with Gasteiger partial charge in [-0.05, 0) is 12.8 Å². The molecule has 0 aliphatic carbocycles. The summed E-state index contributed by atoms with van der Waals surface area (Å²) in [5.41, 5.74) is 5.66. The Hall–Kier alpha value is -0.610. The largest absolute Gasteiger partial charge is 0.354 e. The van der Waals surface area contributed by atoms with Crippen molar-refractivity contribution in [3.8, 4) is 0 Å². The average Bonchev–Trinajstić information content (AvgIpc) is 2.07. The first-order chi connectivity index (χ1) is 6.50. The van der Waals surface area contributed by atoms with E-state index in [1.165, 1.54) is 0 Å². The van der Waals surface area contributed by atoms with Crippen LogP contribution in [-0.4, -0.2) is 42.5 Å². The van der Waals surface area contributed by atoms with Crippen molar-refractivity contribution >= 4 is 5.91 Å². The first-order valence-corrected chi connectivity index (χ1v) is 5.28. The van der Waals surface area contributed by atoms with E-state index in [0.717, 1.165) is 19.6 Å². The highest BCUT2D eigenvalue weighted by Crippen LogP contribution is 2.10. The summed E-state index contributed by atoms with van der Waals surface area (Å²) < 4.78 is 0. The van der Waals surface area contributed by atoms with Gasteiger partial charge in [0.1, 0.15) is 0 Å². The Balaban J connectivity index is 2.23. The highest BCUT2D eigenvalue weighted by atomic mass is 16.2. The van der Waals surface area contributed by atoms with Crippen LogP contribution in [-0.2, 0) is 4.79 Å². The molecule has 82 valence electrons. The first kappa shape index (κ1) is 11.5. The predicted molar refractivity (Wildman–Crippen MR) is 56.9 cm³/mol. The summed E-state index contributed by atoms with van der Waals surface area (Å²) in [5.74, 6) is 0.621. The van der Waals surface area contributed by atoms with E-state index in [1.54, 1.807) is 0 Å². The maximum atomic E-state index is 11.6. The highest BCUT2D eigenvalue weighted by Gasteiger charge is 2.30. The lowest BCUT2D eigenvalue weighted by atomic mass is 10.1. The Bertz CT molecular complexity index is 200. The Morgan fingerprint density at radius 2 is 2.07 bits per heavy atom. The Morgan fingerprint density at radius 3 is 2.50 bits per heavy atom. The van der Waals surface area contributed by atoms with E-state index in [1.807, 2.05) is 6.92 Å². The van der Waals surface area contributed by atoms with Crippen molar-refractivity contribution in [3.63, 3.8) is 0 Å². The number of hydrogen-bond donors (Lipinski definition) is 2. The fourth-order valence-electron chi connectivity index (χ4n) is 1.48. The lowest BCUT2D eigenvalue weighted by Gasteiger charge is -2.40. The SMILES string of the molecule is CC(C)CNC(=O)C(C)N1CC(N)C1. The third kappa shape index (κ3) is 2.96. The molecule has 1 fully saturated rings. The molecule has 0 spiro atoms. The standard InChI is InChI=1S/C10H21N3O/c1-7(2)4-12-10(14)8(3)13-5-9(11)6-13/h7-9H,4-6,11H2,1-3H3,(H,12,14). The zero-order valence-electron chi connectivity index (χ0n) is 9.29. The minimum atomic E-state index is -0.0338. The van der Waals surface area contributed by atoms with Crippen molar-refractivity contribution in [3.05, 3.63) is 0 Å². The van der Waals surface area contributed by atoms with Crippen molar-refractivity contribution < 1.29 is 4.79 Å². The van der Waals surface area contributed by atoms with E-state index in [-0.39, 0.29) is 18.0 Å². The second-order valence-corrected chi connectivity index (χ2v) is 4.53. The van der Waals surface area contributed by atoms with E-state index in [2.05, 4.69) is 24.1 Å². The average molecular weight is 199 g/mol. The topological polar surface area (TPSA) is 58.4 Å². The van der Waals surface area contributed by atoms with Gasteiger partial charge in [0.15, 0.2) is 0 Å². The molecule has 3 N–H and O–H groups in total. The lowest BCUT2D eigenvalue weighted by Crippen LogP contribution is -2.61. The fraction of sp³-hybridized carbons (Fsp3) is 0.900. The van der Waals surface area contributed by atoms with Crippen LogP contribution in [0.5, 0.6) is 0 Å². The molecule has 0 aromatic rings. The molecular formula is C10H21N3O. The molecule has 1 aliphatic rings. The summed E-state index contributed by atoms with van der Waals surface area (Å²) in [4.78, 5) is 13.7. The quantitative estimate of drug-likeness (QED) is 0.658. The number of carbonyl (C=O) groups excluding carboxylic acids is 1. The third-order valence-corrected chi connectivity index (χ3v) is 2.55. The normalized spacial score (nSPS) is 20.6. The Kier molecular flexibility index (Phi) is 3.89. The Morgan fingerprint density at radius 1 is 1.50 bits per heavy atom. The monoisotopic (exact) mass is 199 g/mol. The number of carbonyl (C=O) groups is 1. The number of nitrogens with zero attached hydrogens (tertiary/aromatic N) is 1. The van der Waals surface area contributed by atoms with Crippen LogP contribution >= 0.6 is 0 Å². The molecule has 1 aliphatic heterocycles. The second kappa shape index (κ2) is 4.75. The van der Waals surface area contributed by atoms with Crippen molar-refractivity contribution in [1.82, 2.24) is 10.2 Å². The summed E-state index contributed by atoms with van der Waals surface area (Å²) in [7, 11) is 0. The lowest BCUT2D eigenvalue weighted by molar-refractivity contribution is -0.127. The maximum absolute atomic E-state index is 11.6. The zero-order valence-corrected chi connectivity index (χ0v) is 9.29. The number of hydrogen-bond acceptors (Lipinski definition) is 3. The van der Waals surface area contributed by atoms with Gasteiger partial charge in [-0.3, -0.25) is 9.69 Å². The molecule has 1 amide bonds. The van der Waals surface area contributed by atoms with Gasteiger partial charge >= 0.3 is 0 Å². The zero-order chi connectivity index (χ0) is 10.7. The molecule has 1 heterocycles. The van der Waals surface area contributed by atoms with E-state index in [9.17, 15) is 4.79 Å². The van der Waals surface area contributed by atoms with Gasteiger partial charge in [0.2, 0.25) is 5.91 Å². The summed E-state index contributed by atoms with van der Waals surface area (Å²) in [6.45, 7) is 8.55. The van der Waals surface area contributed by atoms with Crippen LogP contribution in [0.3, 0.4) is 0 Å². The molecule has 1 rings (SSSR count). The molecule has 0 bridgehead atoms. The van der Waals surface area contributed by atoms with E-state index in [0.29, 0.717) is 5.92 Å². The van der Waals surface area contributed by atoms with Crippen LogP contribution in [0, 0.1) is 5.92 Å². The molecule has 0 aromatic carbocycles. The van der Waals surface area contributed by atoms with E-state index < -0.39 is 0 Å². The van der Waals surface area contributed by atoms with Crippen molar-refractivity contribution in [2.45, 2.75) is 32.9 Å². The van der Waals surface area contributed by atoms with Gasteiger partial charge in [0.05, 0.1) is 6.04 Å². The molecule has 14 heavy (non-hydrogen) atoms. The van der Waals surface area contributed by atoms with Crippen molar-refractivity contribution in [2.24, 2.45) is 11.7 Å². The molecule has 4 heteroatoms. The van der Waals surface area contributed by atoms with Gasteiger partial charge in [0.25, 0.3) is 0 Å². The number of nitrogens with one attached hydrogen (secondary N) is 1. The molecule has 4 nitrogen and oxygen atoms in total. The summed E-state index contributed by atoms with van der Waals surface area (Å²) in [6, 6.07) is 0.226. The van der Waals surface area contributed by atoms with Crippen LogP contribution < -0.4 is 11.1 Å².